The van der Waals surface area contributed by atoms with Crippen LogP contribution in [0.4, 0.5) is 5.69 Å². The number of nitrogens with one attached hydrogen (secondary N) is 1. The Hall–Kier alpha value is -1.07. The Kier molecular flexibility index (Phi) is 5.05. The second-order valence-corrected chi connectivity index (χ2v) is 7.46. The normalized spacial score (nSPS) is 23.5. The van der Waals surface area contributed by atoms with Gasteiger partial charge in [-0.25, -0.2) is 8.42 Å². The van der Waals surface area contributed by atoms with Gasteiger partial charge in [-0.3, -0.25) is 0 Å². The smallest absolute Gasteiger partial charge is 0.175 e. The van der Waals surface area contributed by atoms with Crippen LogP contribution in [0.1, 0.15) is 32.6 Å². The van der Waals surface area contributed by atoms with Gasteiger partial charge in [-0.1, -0.05) is 13.3 Å². The van der Waals surface area contributed by atoms with E-state index >= 15 is 0 Å². The van der Waals surface area contributed by atoms with Gasteiger partial charge in [-0.05, 0) is 43.5 Å². The first-order valence-electron chi connectivity index (χ1n) is 7.17. The van der Waals surface area contributed by atoms with Gasteiger partial charge in [0.1, 0.15) is 0 Å². The third-order valence-electron chi connectivity index (χ3n) is 3.63. The highest BCUT2D eigenvalue weighted by atomic mass is 32.2. The molecule has 0 aliphatic carbocycles. The van der Waals surface area contributed by atoms with E-state index in [1.165, 1.54) is 6.26 Å². The van der Waals surface area contributed by atoms with Crippen LogP contribution in [0.5, 0.6) is 0 Å². The molecule has 2 atom stereocenters. The van der Waals surface area contributed by atoms with E-state index in [-0.39, 0.29) is 0 Å². The standard InChI is InChI=1S/C15H23NO3S/c1-3-4-14-11-13(9-10-19-14)16-12-5-7-15(8-6-12)20(2,17)18/h5-8,13-14,16H,3-4,9-11H2,1-2H3. The van der Waals surface area contributed by atoms with Crippen LogP contribution in [0.25, 0.3) is 0 Å². The van der Waals surface area contributed by atoms with Crippen LogP contribution in [0.3, 0.4) is 0 Å². The first kappa shape index (κ1) is 15.3. The number of hydrogen-bond donors (Lipinski definition) is 1. The molecule has 112 valence electrons. The van der Waals surface area contributed by atoms with Crippen LogP contribution in [-0.4, -0.2) is 33.4 Å². The Balaban J connectivity index is 1.96. The van der Waals surface area contributed by atoms with E-state index in [1.54, 1.807) is 12.1 Å². The molecule has 1 heterocycles. The predicted molar refractivity (Wildman–Crippen MR) is 80.8 cm³/mol. The van der Waals surface area contributed by atoms with Crippen molar-refractivity contribution in [3.8, 4) is 0 Å². The van der Waals surface area contributed by atoms with Crippen LogP contribution in [-0.2, 0) is 14.6 Å². The zero-order chi connectivity index (χ0) is 14.6. The van der Waals surface area contributed by atoms with Crippen molar-refractivity contribution in [3.63, 3.8) is 0 Å². The minimum Gasteiger partial charge on any atom is -0.382 e. The van der Waals surface area contributed by atoms with E-state index in [0.29, 0.717) is 17.0 Å². The quantitative estimate of drug-likeness (QED) is 0.908. The SMILES string of the molecule is CCCC1CC(Nc2ccc(S(C)(=O)=O)cc2)CCO1. The molecular formula is C15H23NO3S. The van der Waals surface area contributed by atoms with Crippen molar-refractivity contribution >= 4 is 15.5 Å². The van der Waals surface area contributed by atoms with Crippen molar-refractivity contribution in [1.29, 1.82) is 0 Å². The lowest BCUT2D eigenvalue weighted by molar-refractivity contribution is 0.00598. The number of ether oxygens (including phenoxy) is 1. The highest BCUT2D eigenvalue weighted by Gasteiger charge is 2.21. The van der Waals surface area contributed by atoms with Crippen LogP contribution < -0.4 is 5.32 Å². The molecule has 1 aliphatic heterocycles. The number of hydrogen-bond acceptors (Lipinski definition) is 4. The minimum absolute atomic E-state index is 0.349. The highest BCUT2D eigenvalue weighted by Crippen LogP contribution is 2.22. The zero-order valence-electron chi connectivity index (χ0n) is 12.1. The first-order chi connectivity index (χ1) is 9.49. The maximum absolute atomic E-state index is 11.4. The second kappa shape index (κ2) is 6.59. The minimum atomic E-state index is -3.12. The molecule has 0 aromatic heterocycles. The van der Waals surface area contributed by atoms with Gasteiger partial charge in [-0.2, -0.15) is 0 Å². The van der Waals surface area contributed by atoms with Gasteiger partial charge in [0, 0.05) is 24.6 Å². The Morgan fingerprint density at radius 2 is 2.00 bits per heavy atom. The lowest BCUT2D eigenvalue weighted by Crippen LogP contribution is -2.33. The molecule has 1 saturated heterocycles. The largest absolute Gasteiger partial charge is 0.382 e. The summed E-state index contributed by atoms with van der Waals surface area (Å²) < 4.78 is 28.6. The van der Waals surface area contributed by atoms with E-state index in [1.807, 2.05) is 12.1 Å². The molecule has 5 heteroatoms. The van der Waals surface area contributed by atoms with E-state index in [2.05, 4.69) is 12.2 Å². The van der Waals surface area contributed by atoms with E-state index in [4.69, 9.17) is 4.74 Å². The number of anilines is 1. The summed E-state index contributed by atoms with van der Waals surface area (Å²) in [7, 11) is -3.12. The fourth-order valence-electron chi connectivity index (χ4n) is 2.57. The average molecular weight is 297 g/mol. The number of rotatable bonds is 5. The van der Waals surface area contributed by atoms with Crippen LogP contribution >= 0.6 is 0 Å². The van der Waals surface area contributed by atoms with Crippen LogP contribution in [0, 0.1) is 0 Å². The molecule has 4 nitrogen and oxygen atoms in total. The third kappa shape index (κ3) is 4.21. The van der Waals surface area contributed by atoms with Crippen molar-refractivity contribution in [1.82, 2.24) is 0 Å². The monoisotopic (exact) mass is 297 g/mol. The van der Waals surface area contributed by atoms with Crippen LogP contribution in [0.15, 0.2) is 29.2 Å². The molecule has 1 aliphatic rings. The van der Waals surface area contributed by atoms with Gasteiger partial charge >= 0.3 is 0 Å². The summed E-state index contributed by atoms with van der Waals surface area (Å²) in [6.07, 6.45) is 5.83. The van der Waals surface area contributed by atoms with Crippen molar-refractivity contribution in [2.75, 3.05) is 18.2 Å². The fraction of sp³-hybridized carbons (Fsp3) is 0.600. The maximum atomic E-state index is 11.4. The van der Waals surface area contributed by atoms with E-state index in [9.17, 15) is 8.42 Å². The van der Waals surface area contributed by atoms with Gasteiger partial charge in [0.2, 0.25) is 0 Å². The molecule has 1 aromatic rings. The summed E-state index contributed by atoms with van der Waals surface area (Å²) in [4.78, 5) is 0.360. The van der Waals surface area contributed by atoms with Crippen molar-refractivity contribution < 1.29 is 13.2 Å². The highest BCUT2D eigenvalue weighted by molar-refractivity contribution is 7.90. The van der Waals surface area contributed by atoms with Gasteiger partial charge in [0.25, 0.3) is 0 Å². The second-order valence-electron chi connectivity index (χ2n) is 5.44. The molecule has 0 amide bonds. The zero-order valence-corrected chi connectivity index (χ0v) is 12.9. The van der Waals surface area contributed by atoms with Crippen molar-refractivity contribution in [2.24, 2.45) is 0 Å². The van der Waals surface area contributed by atoms with Gasteiger partial charge < -0.3 is 10.1 Å². The molecule has 20 heavy (non-hydrogen) atoms. The number of benzene rings is 1. The molecule has 1 fully saturated rings. The van der Waals surface area contributed by atoms with E-state index in [0.717, 1.165) is 38.0 Å². The molecule has 0 radical (unpaired) electrons. The molecule has 2 unspecified atom stereocenters. The van der Waals surface area contributed by atoms with Crippen LogP contribution in [0.2, 0.25) is 0 Å². The third-order valence-corrected chi connectivity index (χ3v) is 4.76. The molecule has 1 aromatic carbocycles. The molecule has 2 rings (SSSR count). The number of sulfone groups is 1. The first-order valence-corrected chi connectivity index (χ1v) is 9.06. The lowest BCUT2D eigenvalue weighted by Gasteiger charge is -2.30. The molecule has 0 saturated carbocycles. The summed E-state index contributed by atoms with van der Waals surface area (Å²) in [6.45, 7) is 2.97. The summed E-state index contributed by atoms with van der Waals surface area (Å²) in [5.41, 5.74) is 0.972. The summed E-state index contributed by atoms with van der Waals surface area (Å²) in [5.74, 6) is 0. The summed E-state index contributed by atoms with van der Waals surface area (Å²) in [6, 6.07) is 7.38. The molecular weight excluding hydrogens is 274 g/mol. The van der Waals surface area contributed by atoms with Gasteiger partial charge in [0.15, 0.2) is 9.84 Å². The van der Waals surface area contributed by atoms with Crippen molar-refractivity contribution in [3.05, 3.63) is 24.3 Å². The fourth-order valence-corrected chi connectivity index (χ4v) is 3.20. The van der Waals surface area contributed by atoms with E-state index < -0.39 is 9.84 Å². The van der Waals surface area contributed by atoms with Gasteiger partial charge in [-0.15, -0.1) is 0 Å². The van der Waals surface area contributed by atoms with Crippen molar-refractivity contribution in [2.45, 2.75) is 49.6 Å². The predicted octanol–water partition coefficient (Wildman–Crippen LogP) is 2.85. The molecule has 1 N–H and O–H groups in total. The topological polar surface area (TPSA) is 55.4 Å². The molecule has 0 bridgehead atoms. The summed E-state index contributed by atoms with van der Waals surface area (Å²) in [5, 5.41) is 3.47. The summed E-state index contributed by atoms with van der Waals surface area (Å²) >= 11 is 0. The Labute approximate surface area is 121 Å². The average Bonchev–Trinajstić information content (AvgIpc) is 2.39. The Morgan fingerprint density at radius 1 is 1.30 bits per heavy atom. The maximum Gasteiger partial charge on any atom is 0.175 e. The van der Waals surface area contributed by atoms with Gasteiger partial charge in [0.05, 0.1) is 11.0 Å². The lowest BCUT2D eigenvalue weighted by atomic mass is 10.00. The Bertz CT molecular complexity index is 523. The Morgan fingerprint density at radius 3 is 2.60 bits per heavy atom. The molecule has 0 spiro atoms.